The number of carbonyl (C=O) groups excluding carboxylic acids is 2. The van der Waals surface area contributed by atoms with Crippen LogP contribution < -0.4 is 5.32 Å². The van der Waals surface area contributed by atoms with Crippen molar-refractivity contribution in [1.29, 1.82) is 0 Å². The molecule has 0 radical (unpaired) electrons. The summed E-state index contributed by atoms with van der Waals surface area (Å²) in [7, 11) is 0. The Balaban J connectivity index is 1.82. The van der Waals surface area contributed by atoms with Crippen LogP contribution in [0.4, 0.5) is 5.69 Å². The summed E-state index contributed by atoms with van der Waals surface area (Å²) >= 11 is 6.12. The Morgan fingerprint density at radius 1 is 1.21 bits per heavy atom. The van der Waals surface area contributed by atoms with E-state index in [4.69, 9.17) is 11.6 Å². The van der Waals surface area contributed by atoms with Crippen molar-refractivity contribution in [1.82, 2.24) is 9.88 Å². The van der Waals surface area contributed by atoms with Gasteiger partial charge in [-0.05, 0) is 62.3 Å². The number of aryl methyl sites for hydroxylation is 1. The Kier molecular flexibility index (Phi) is 6.60. The van der Waals surface area contributed by atoms with Crippen LogP contribution in [0.1, 0.15) is 48.3 Å². The third kappa shape index (κ3) is 4.62. The molecule has 0 bridgehead atoms. The summed E-state index contributed by atoms with van der Waals surface area (Å²) in [5, 5.41) is 3.46. The maximum atomic E-state index is 12.5. The molecule has 0 unspecified atom stereocenters. The number of fused-ring (bicyclic) bond motifs is 1. The highest BCUT2D eigenvalue weighted by atomic mass is 35.5. The number of anilines is 1. The molecule has 0 saturated carbocycles. The van der Waals surface area contributed by atoms with Crippen LogP contribution >= 0.6 is 11.6 Å². The monoisotopic (exact) mass is 413 g/mol. The minimum Gasteiger partial charge on any atom is -0.359 e. The lowest BCUT2D eigenvalue weighted by Gasteiger charge is -2.17. The van der Waals surface area contributed by atoms with Crippen molar-refractivity contribution in [3.05, 3.63) is 51.3 Å². The van der Waals surface area contributed by atoms with Crippen LogP contribution in [0, 0.1) is 13.8 Å². The van der Waals surface area contributed by atoms with Gasteiger partial charge >= 0.3 is 0 Å². The molecule has 2 N–H and O–H groups in total. The Bertz CT molecular complexity index is 971. The number of benzene rings is 1. The number of halogens is 1. The molecule has 3 rings (SSSR count). The minimum atomic E-state index is -0.147. The minimum absolute atomic E-state index is 0.147. The first-order chi connectivity index (χ1) is 13.8. The summed E-state index contributed by atoms with van der Waals surface area (Å²) in [6, 6.07) is 5.36. The van der Waals surface area contributed by atoms with E-state index >= 15 is 0 Å². The Morgan fingerprint density at radius 3 is 2.62 bits per heavy atom. The standard InChI is InChI=1S/C23H28ClN3O2/c1-5-27(6-2)10-9-17(28)12-18-14(3)22(25-15(18)4)13-20-19-11-16(24)7-8-21(19)26-23(20)29/h7-8,11,13,25H,5-6,9-10,12H2,1-4H3,(H,26,29)/b20-13-. The second-order valence-electron chi connectivity index (χ2n) is 7.46. The van der Waals surface area contributed by atoms with Crippen molar-refractivity contribution < 1.29 is 9.59 Å². The van der Waals surface area contributed by atoms with Gasteiger partial charge in [-0.1, -0.05) is 25.4 Å². The van der Waals surface area contributed by atoms with Gasteiger partial charge in [0.25, 0.3) is 5.91 Å². The highest BCUT2D eigenvalue weighted by Gasteiger charge is 2.25. The second-order valence-corrected chi connectivity index (χ2v) is 7.90. The summed E-state index contributed by atoms with van der Waals surface area (Å²) in [4.78, 5) is 30.6. The number of ketones is 1. The fourth-order valence-corrected chi connectivity index (χ4v) is 3.95. The van der Waals surface area contributed by atoms with Gasteiger partial charge in [0.05, 0.1) is 5.57 Å². The third-order valence-corrected chi connectivity index (χ3v) is 5.90. The van der Waals surface area contributed by atoms with Gasteiger partial charge in [-0.3, -0.25) is 9.59 Å². The molecule has 0 saturated heterocycles. The molecule has 29 heavy (non-hydrogen) atoms. The number of aromatic amines is 1. The molecular formula is C23H28ClN3O2. The van der Waals surface area contributed by atoms with Gasteiger partial charge < -0.3 is 15.2 Å². The first-order valence-electron chi connectivity index (χ1n) is 10.1. The van der Waals surface area contributed by atoms with Crippen molar-refractivity contribution >= 4 is 40.6 Å². The summed E-state index contributed by atoms with van der Waals surface area (Å²) in [5.41, 5.74) is 5.98. The van der Waals surface area contributed by atoms with Gasteiger partial charge in [0.2, 0.25) is 0 Å². The molecule has 0 spiro atoms. The molecule has 154 valence electrons. The van der Waals surface area contributed by atoms with Gasteiger partial charge in [-0.25, -0.2) is 0 Å². The zero-order valence-electron chi connectivity index (χ0n) is 17.5. The molecule has 0 atom stereocenters. The first-order valence-corrected chi connectivity index (χ1v) is 10.5. The Hall–Kier alpha value is -2.37. The number of hydrogen-bond donors (Lipinski definition) is 2. The fourth-order valence-electron chi connectivity index (χ4n) is 3.78. The molecule has 1 amide bonds. The van der Waals surface area contributed by atoms with Crippen LogP contribution in [0.15, 0.2) is 18.2 Å². The van der Waals surface area contributed by atoms with Crippen LogP contribution in [-0.2, 0) is 16.0 Å². The Morgan fingerprint density at radius 2 is 1.93 bits per heavy atom. The molecule has 1 aliphatic heterocycles. The summed E-state index contributed by atoms with van der Waals surface area (Å²) in [6.45, 7) is 10.9. The Labute approximate surface area is 177 Å². The molecule has 1 aliphatic rings. The number of H-pyrrole nitrogens is 1. The molecule has 2 heterocycles. The van der Waals surface area contributed by atoms with Crippen LogP contribution in [-0.4, -0.2) is 41.2 Å². The van der Waals surface area contributed by atoms with Crippen molar-refractivity contribution in [2.75, 3.05) is 25.0 Å². The van der Waals surface area contributed by atoms with E-state index in [9.17, 15) is 9.59 Å². The summed E-state index contributed by atoms with van der Waals surface area (Å²) in [6.07, 6.45) is 2.81. The predicted molar refractivity (Wildman–Crippen MR) is 119 cm³/mol. The molecule has 1 aromatic heterocycles. The smallest absolute Gasteiger partial charge is 0.256 e. The van der Waals surface area contributed by atoms with Gasteiger partial charge in [0.1, 0.15) is 5.78 Å². The first kappa shape index (κ1) is 21.3. The maximum absolute atomic E-state index is 12.5. The van der Waals surface area contributed by atoms with E-state index in [0.717, 1.165) is 53.4 Å². The van der Waals surface area contributed by atoms with E-state index in [1.54, 1.807) is 12.1 Å². The quantitative estimate of drug-likeness (QED) is 0.620. The highest BCUT2D eigenvalue weighted by Crippen LogP contribution is 2.35. The van der Waals surface area contributed by atoms with Crippen LogP contribution in [0.3, 0.4) is 0 Å². The van der Waals surface area contributed by atoms with Crippen molar-refractivity contribution in [3.63, 3.8) is 0 Å². The number of carbonyl (C=O) groups is 2. The lowest BCUT2D eigenvalue weighted by Crippen LogP contribution is -2.26. The van der Waals surface area contributed by atoms with E-state index < -0.39 is 0 Å². The van der Waals surface area contributed by atoms with Crippen molar-refractivity contribution in [2.45, 2.75) is 40.5 Å². The zero-order valence-corrected chi connectivity index (χ0v) is 18.2. The summed E-state index contributed by atoms with van der Waals surface area (Å²) < 4.78 is 0. The SMILES string of the molecule is CCN(CC)CCC(=O)Cc1c(C)[nH]c(/C=C2\C(=O)Nc3ccc(Cl)cc32)c1C. The van der Waals surface area contributed by atoms with E-state index in [1.165, 1.54) is 0 Å². The maximum Gasteiger partial charge on any atom is 0.256 e. The van der Waals surface area contributed by atoms with Gasteiger partial charge in [-0.15, -0.1) is 0 Å². The van der Waals surface area contributed by atoms with E-state index in [-0.39, 0.29) is 11.7 Å². The molecule has 0 aliphatic carbocycles. The number of nitrogens with zero attached hydrogens (tertiary/aromatic N) is 1. The highest BCUT2D eigenvalue weighted by molar-refractivity contribution is 6.36. The summed E-state index contributed by atoms with van der Waals surface area (Å²) in [5.74, 6) is 0.0859. The van der Waals surface area contributed by atoms with E-state index in [1.807, 2.05) is 26.0 Å². The lowest BCUT2D eigenvalue weighted by atomic mass is 10.0. The average molecular weight is 414 g/mol. The largest absolute Gasteiger partial charge is 0.359 e. The number of rotatable bonds is 8. The second kappa shape index (κ2) is 8.97. The van der Waals surface area contributed by atoms with E-state index in [2.05, 4.69) is 29.0 Å². The van der Waals surface area contributed by atoms with Crippen molar-refractivity contribution in [2.24, 2.45) is 0 Å². The normalized spacial score (nSPS) is 14.6. The predicted octanol–water partition coefficient (Wildman–Crippen LogP) is 4.62. The van der Waals surface area contributed by atoms with Gasteiger partial charge in [0, 0.05) is 47.0 Å². The van der Waals surface area contributed by atoms with Gasteiger partial charge in [0.15, 0.2) is 0 Å². The van der Waals surface area contributed by atoms with E-state index in [0.29, 0.717) is 23.4 Å². The number of amides is 1. The lowest BCUT2D eigenvalue weighted by molar-refractivity contribution is -0.118. The number of Topliss-reactive ketones (excluding diaryl/α,β-unsaturated/α-hetero) is 1. The molecule has 1 aromatic carbocycles. The van der Waals surface area contributed by atoms with Gasteiger partial charge in [-0.2, -0.15) is 0 Å². The molecule has 5 nitrogen and oxygen atoms in total. The molecular weight excluding hydrogens is 386 g/mol. The average Bonchev–Trinajstić information content (AvgIpc) is 3.13. The van der Waals surface area contributed by atoms with Crippen LogP contribution in [0.25, 0.3) is 11.6 Å². The third-order valence-electron chi connectivity index (χ3n) is 5.66. The molecule has 6 heteroatoms. The van der Waals surface area contributed by atoms with Crippen LogP contribution in [0.5, 0.6) is 0 Å². The molecule has 2 aromatic rings. The van der Waals surface area contributed by atoms with Crippen LogP contribution in [0.2, 0.25) is 5.02 Å². The zero-order chi connectivity index (χ0) is 21.1. The molecule has 0 fully saturated rings. The number of aromatic nitrogens is 1. The number of hydrogen-bond acceptors (Lipinski definition) is 3. The number of nitrogens with one attached hydrogen (secondary N) is 2. The fraction of sp³-hybridized carbons (Fsp3) is 0.391. The van der Waals surface area contributed by atoms with Crippen molar-refractivity contribution in [3.8, 4) is 0 Å². The topological polar surface area (TPSA) is 65.2 Å².